The smallest absolute Gasteiger partial charge is 0.371 e. The van der Waals surface area contributed by atoms with Crippen molar-refractivity contribution in [3.8, 4) is 5.75 Å². The quantitative estimate of drug-likeness (QED) is 0.819. The molecule has 0 saturated heterocycles. The molecule has 0 aliphatic carbocycles. The number of amides is 1. The SMILES string of the molecule is CCOc1ccc(CC(=O)NCc2ccc(C(=O)O)o2)cc1. The van der Waals surface area contributed by atoms with Gasteiger partial charge in [-0.1, -0.05) is 12.1 Å². The summed E-state index contributed by atoms with van der Waals surface area (Å²) >= 11 is 0. The Morgan fingerprint density at radius 3 is 2.50 bits per heavy atom. The standard InChI is InChI=1S/C16H17NO5/c1-2-21-12-5-3-11(4-6-12)9-15(18)17-10-13-7-8-14(22-13)16(19)20/h3-8H,2,9-10H2,1H3,(H,17,18)(H,19,20). The van der Waals surface area contributed by atoms with Gasteiger partial charge in [0.25, 0.3) is 0 Å². The maximum absolute atomic E-state index is 11.8. The van der Waals surface area contributed by atoms with E-state index in [1.54, 1.807) is 0 Å². The van der Waals surface area contributed by atoms with Gasteiger partial charge in [-0.05, 0) is 36.8 Å². The van der Waals surface area contributed by atoms with Gasteiger partial charge in [-0.3, -0.25) is 4.79 Å². The van der Waals surface area contributed by atoms with Crippen molar-refractivity contribution in [2.75, 3.05) is 6.61 Å². The van der Waals surface area contributed by atoms with E-state index in [1.807, 2.05) is 31.2 Å². The van der Waals surface area contributed by atoms with Crippen molar-refractivity contribution in [2.45, 2.75) is 19.9 Å². The number of carbonyl (C=O) groups excluding carboxylic acids is 1. The first-order valence-corrected chi connectivity index (χ1v) is 6.89. The van der Waals surface area contributed by atoms with Crippen molar-refractivity contribution in [1.29, 1.82) is 0 Å². The van der Waals surface area contributed by atoms with Crippen LogP contribution in [0, 0.1) is 0 Å². The average molecular weight is 303 g/mol. The number of carboxylic acids is 1. The Morgan fingerprint density at radius 1 is 1.18 bits per heavy atom. The molecule has 0 unspecified atom stereocenters. The van der Waals surface area contributed by atoms with Crippen LogP contribution in [-0.4, -0.2) is 23.6 Å². The fourth-order valence-electron chi connectivity index (χ4n) is 1.89. The summed E-state index contributed by atoms with van der Waals surface area (Å²) in [6, 6.07) is 10.2. The number of nitrogens with one attached hydrogen (secondary N) is 1. The molecule has 0 radical (unpaired) electrons. The number of carbonyl (C=O) groups is 2. The van der Waals surface area contributed by atoms with Gasteiger partial charge in [-0.2, -0.15) is 0 Å². The summed E-state index contributed by atoms with van der Waals surface area (Å²) < 4.78 is 10.4. The molecule has 0 fully saturated rings. The summed E-state index contributed by atoms with van der Waals surface area (Å²) in [5.41, 5.74) is 0.867. The van der Waals surface area contributed by atoms with Gasteiger partial charge in [0.05, 0.1) is 19.6 Å². The van der Waals surface area contributed by atoms with Crippen LogP contribution >= 0.6 is 0 Å². The van der Waals surface area contributed by atoms with Crippen LogP contribution in [0.3, 0.4) is 0 Å². The molecule has 6 nitrogen and oxygen atoms in total. The number of rotatable bonds is 7. The zero-order valence-corrected chi connectivity index (χ0v) is 12.2. The van der Waals surface area contributed by atoms with E-state index in [-0.39, 0.29) is 24.6 Å². The minimum Gasteiger partial charge on any atom is -0.494 e. The molecular formula is C16H17NO5. The molecule has 0 bridgehead atoms. The van der Waals surface area contributed by atoms with Crippen molar-refractivity contribution >= 4 is 11.9 Å². The van der Waals surface area contributed by atoms with Crippen LogP contribution in [-0.2, 0) is 17.8 Å². The van der Waals surface area contributed by atoms with Crippen molar-refractivity contribution in [3.05, 3.63) is 53.5 Å². The topological polar surface area (TPSA) is 88.8 Å². The van der Waals surface area contributed by atoms with E-state index >= 15 is 0 Å². The second-order valence-corrected chi connectivity index (χ2v) is 4.60. The number of ether oxygens (including phenoxy) is 1. The number of hydrogen-bond donors (Lipinski definition) is 2. The van der Waals surface area contributed by atoms with Crippen LogP contribution in [0.15, 0.2) is 40.8 Å². The van der Waals surface area contributed by atoms with Gasteiger partial charge >= 0.3 is 5.97 Å². The highest BCUT2D eigenvalue weighted by Gasteiger charge is 2.10. The van der Waals surface area contributed by atoms with Gasteiger partial charge in [0.1, 0.15) is 11.5 Å². The van der Waals surface area contributed by atoms with Gasteiger partial charge in [0, 0.05) is 0 Å². The molecule has 0 aliphatic rings. The highest BCUT2D eigenvalue weighted by Crippen LogP contribution is 2.12. The maximum Gasteiger partial charge on any atom is 0.371 e. The molecule has 22 heavy (non-hydrogen) atoms. The largest absolute Gasteiger partial charge is 0.494 e. The van der Waals surface area contributed by atoms with Gasteiger partial charge in [-0.25, -0.2) is 4.79 Å². The molecule has 0 spiro atoms. The predicted octanol–water partition coefficient (Wildman–Crippen LogP) is 2.24. The van der Waals surface area contributed by atoms with E-state index in [0.29, 0.717) is 12.4 Å². The first-order valence-electron chi connectivity index (χ1n) is 6.89. The summed E-state index contributed by atoms with van der Waals surface area (Å²) in [5, 5.41) is 11.4. The van der Waals surface area contributed by atoms with Crippen molar-refractivity contribution < 1.29 is 23.8 Å². The fraction of sp³-hybridized carbons (Fsp3) is 0.250. The number of aromatic carboxylic acids is 1. The molecule has 2 aromatic rings. The summed E-state index contributed by atoms with van der Waals surface area (Å²) in [7, 11) is 0. The van der Waals surface area contributed by atoms with Gasteiger partial charge in [0.15, 0.2) is 0 Å². The predicted molar refractivity (Wildman–Crippen MR) is 78.8 cm³/mol. The summed E-state index contributed by atoms with van der Waals surface area (Å²) in [6.07, 6.45) is 0.235. The minimum atomic E-state index is -1.13. The van der Waals surface area contributed by atoms with E-state index in [0.717, 1.165) is 11.3 Å². The second-order valence-electron chi connectivity index (χ2n) is 4.60. The Morgan fingerprint density at radius 2 is 1.91 bits per heavy atom. The van der Waals surface area contributed by atoms with Crippen LogP contribution in [0.4, 0.5) is 0 Å². The van der Waals surface area contributed by atoms with E-state index in [9.17, 15) is 9.59 Å². The lowest BCUT2D eigenvalue weighted by Crippen LogP contribution is -2.24. The molecule has 1 aromatic heterocycles. The Labute approximate surface area is 127 Å². The zero-order chi connectivity index (χ0) is 15.9. The Hall–Kier alpha value is -2.76. The van der Waals surface area contributed by atoms with Crippen molar-refractivity contribution in [1.82, 2.24) is 5.32 Å². The molecule has 1 amide bonds. The third-order valence-electron chi connectivity index (χ3n) is 2.93. The number of furan rings is 1. The minimum absolute atomic E-state index is 0.143. The van der Waals surface area contributed by atoms with E-state index < -0.39 is 5.97 Å². The average Bonchev–Trinajstić information content (AvgIpc) is 2.97. The van der Waals surface area contributed by atoms with Gasteiger partial charge in [0.2, 0.25) is 11.7 Å². The van der Waals surface area contributed by atoms with E-state index in [4.69, 9.17) is 14.3 Å². The highest BCUT2D eigenvalue weighted by atomic mass is 16.5. The summed E-state index contributed by atoms with van der Waals surface area (Å²) in [5.74, 6) is -0.277. The normalized spacial score (nSPS) is 10.2. The number of carboxylic acid groups (broad SMARTS) is 1. The Bertz CT molecular complexity index is 645. The van der Waals surface area contributed by atoms with Crippen LogP contribution < -0.4 is 10.1 Å². The van der Waals surface area contributed by atoms with Crippen LogP contribution in [0.2, 0.25) is 0 Å². The molecule has 0 aliphatic heterocycles. The molecule has 116 valence electrons. The maximum atomic E-state index is 11.8. The lowest BCUT2D eigenvalue weighted by molar-refractivity contribution is -0.120. The molecule has 1 heterocycles. The van der Waals surface area contributed by atoms with E-state index in [2.05, 4.69) is 5.32 Å². The van der Waals surface area contributed by atoms with Crippen LogP contribution in [0.25, 0.3) is 0 Å². The van der Waals surface area contributed by atoms with E-state index in [1.165, 1.54) is 12.1 Å². The lowest BCUT2D eigenvalue weighted by atomic mass is 10.1. The lowest BCUT2D eigenvalue weighted by Gasteiger charge is -2.06. The first kappa shape index (κ1) is 15.6. The molecule has 0 saturated carbocycles. The van der Waals surface area contributed by atoms with Crippen LogP contribution in [0.5, 0.6) is 5.75 Å². The molecule has 0 atom stereocenters. The Balaban J connectivity index is 1.83. The van der Waals surface area contributed by atoms with Gasteiger partial charge in [-0.15, -0.1) is 0 Å². The van der Waals surface area contributed by atoms with Crippen molar-refractivity contribution in [3.63, 3.8) is 0 Å². The number of benzene rings is 1. The zero-order valence-electron chi connectivity index (χ0n) is 12.2. The number of hydrogen-bond acceptors (Lipinski definition) is 4. The third-order valence-corrected chi connectivity index (χ3v) is 2.93. The highest BCUT2D eigenvalue weighted by molar-refractivity contribution is 5.84. The van der Waals surface area contributed by atoms with Crippen molar-refractivity contribution in [2.24, 2.45) is 0 Å². The van der Waals surface area contributed by atoms with Crippen LogP contribution in [0.1, 0.15) is 28.8 Å². The monoisotopic (exact) mass is 303 g/mol. The van der Waals surface area contributed by atoms with Gasteiger partial charge < -0.3 is 19.6 Å². The summed E-state index contributed by atoms with van der Waals surface area (Å²) in [6.45, 7) is 2.66. The first-order chi connectivity index (χ1) is 10.6. The molecule has 1 aromatic carbocycles. The molecule has 2 rings (SSSR count). The Kier molecular flexibility index (Phi) is 5.19. The molecule has 6 heteroatoms. The molecule has 2 N–H and O–H groups in total. The third kappa shape index (κ3) is 4.37. The second kappa shape index (κ2) is 7.31. The summed E-state index contributed by atoms with van der Waals surface area (Å²) in [4.78, 5) is 22.5. The molecular weight excluding hydrogens is 286 g/mol. The fourth-order valence-corrected chi connectivity index (χ4v) is 1.89.